The van der Waals surface area contributed by atoms with Crippen LogP contribution in [-0.4, -0.2) is 39.2 Å². The molecule has 1 aliphatic rings. The van der Waals surface area contributed by atoms with Crippen LogP contribution in [0.4, 0.5) is 5.69 Å². The van der Waals surface area contributed by atoms with Crippen LogP contribution in [0.5, 0.6) is 5.75 Å². The zero-order chi connectivity index (χ0) is 23.0. The number of benzene rings is 2. The lowest BCUT2D eigenvalue weighted by Gasteiger charge is -2.12. The van der Waals surface area contributed by atoms with Gasteiger partial charge in [-0.3, -0.25) is 19.3 Å². The van der Waals surface area contributed by atoms with Crippen LogP contribution in [0.15, 0.2) is 58.4 Å². The highest BCUT2D eigenvalue weighted by Crippen LogP contribution is 2.24. The Morgan fingerprint density at radius 2 is 1.75 bits per heavy atom. The Balaban J connectivity index is 1.40. The molecule has 0 saturated carbocycles. The number of hydrogen-bond donors (Lipinski definition) is 3. The van der Waals surface area contributed by atoms with Crippen LogP contribution in [-0.2, 0) is 19.6 Å². The number of anilines is 1. The molecule has 0 aromatic heterocycles. The number of carbonyl (C=O) groups excluding carboxylic acids is 2. The third-order valence-electron chi connectivity index (χ3n) is 4.76. The molecule has 0 unspecified atom stereocenters. The second-order valence-corrected chi connectivity index (χ2v) is 8.90. The minimum atomic E-state index is -3.52. The van der Waals surface area contributed by atoms with Gasteiger partial charge >= 0.3 is 0 Å². The van der Waals surface area contributed by atoms with Crippen molar-refractivity contribution >= 4 is 33.4 Å². The number of sulfonamides is 1. The van der Waals surface area contributed by atoms with Crippen molar-refractivity contribution in [3.05, 3.63) is 54.1 Å². The summed E-state index contributed by atoms with van der Waals surface area (Å²) >= 11 is 0. The number of nitrogens with zero attached hydrogens (tertiary/aromatic N) is 1. The number of carbonyl (C=O) groups is 2. The van der Waals surface area contributed by atoms with Crippen molar-refractivity contribution in [1.82, 2.24) is 4.72 Å². The largest absolute Gasteiger partial charge is 0.491 e. The molecule has 0 fully saturated rings. The first-order valence-electron chi connectivity index (χ1n) is 10.3. The SMILES string of the molecule is NC(=O)CCOc1ccccc1NC(=O)CCCCCN=C1NS(=O)(=O)c2ccccc21. The highest BCUT2D eigenvalue weighted by atomic mass is 32.2. The van der Waals surface area contributed by atoms with Crippen LogP contribution < -0.4 is 20.5 Å². The Morgan fingerprint density at radius 3 is 2.56 bits per heavy atom. The molecular formula is C22H26N4O5S. The van der Waals surface area contributed by atoms with E-state index >= 15 is 0 Å². The average Bonchev–Trinajstić information content (AvgIpc) is 3.02. The number of amides is 2. The number of nitrogens with two attached hydrogens (primary N) is 1. The summed E-state index contributed by atoms with van der Waals surface area (Å²) in [6, 6.07) is 13.7. The molecule has 170 valence electrons. The fourth-order valence-electron chi connectivity index (χ4n) is 3.19. The number of ether oxygens (including phenoxy) is 1. The Labute approximate surface area is 187 Å². The molecule has 0 atom stereocenters. The monoisotopic (exact) mass is 458 g/mol. The zero-order valence-corrected chi connectivity index (χ0v) is 18.4. The van der Waals surface area contributed by atoms with Crippen molar-refractivity contribution in [1.29, 1.82) is 0 Å². The van der Waals surface area contributed by atoms with E-state index in [1.807, 2.05) is 0 Å². The molecule has 0 aliphatic carbocycles. The minimum Gasteiger partial charge on any atom is -0.491 e. The van der Waals surface area contributed by atoms with Gasteiger partial charge < -0.3 is 15.8 Å². The standard InChI is InChI=1S/C22H26N4O5S/c23-20(27)13-15-31-18-10-5-4-9-17(18)25-21(28)12-2-1-7-14-24-22-16-8-3-6-11-19(16)32(29,30)26-22/h3-6,8-11H,1-2,7,12-15H2,(H2,23,27)(H,24,26)(H,25,28). The zero-order valence-electron chi connectivity index (χ0n) is 17.5. The maximum absolute atomic E-state index is 12.3. The Bertz CT molecular complexity index is 1110. The summed E-state index contributed by atoms with van der Waals surface area (Å²) in [6.07, 6.45) is 2.60. The van der Waals surface area contributed by atoms with Gasteiger partial charge in [-0.15, -0.1) is 0 Å². The molecule has 9 nitrogen and oxygen atoms in total. The van der Waals surface area contributed by atoms with E-state index in [4.69, 9.17) is 10.5 Å². The molecule has 0 saturated heterocycles. The van der Waals surface area contributed by atoms with Gasteiger partial charge in [0.1, 0.15) is 11.6 Å². The molecule has 2 aromatic rings. The van der Waals surface area contributed by atoms with E-state index in [0.717, 1.165) is 12.8 Å². The number of aliphatic imine (C=N–C) groups is 1. The van der Waals surface area contributed by atoms with Gasteiger partial charge in [0.2, 0.25) is 11.8 Å². The van der Waals surface area contributed by atoms with Crippen molar-refractivity contribution in [2.75, 3.05) is 18.5 Å². The topological polar surface area (TPSA) is 140 Å². The second-order valence-electron chi connectivity index (χ2n) is 7.25. The summed E-state index contributed by atoms with van der Waals surface area (Å²) in [7, 11) is -3.52. The first kappa shape index (κ1) is 23.3. The molecule has 0 spiro atoms. The predicted octanol–water partition coefficient (Wildman–Crippen LogP) is 2.18. The molecule has 4 N–H and O–H groups in total. The van der Waals surface area contributed by atoms with Crippen LogP contribution in [0.2, 0.25) is 0 Å². The van der Waals surface area contributed by atoms with Gasteiger partial charge in [0.05, 0.1) is 23.6 Å². The maximum atomic E-state index is 12.3. The molecule has 2 amide bonds. The fourth-order valence-corrected chi connectivity index (χ4v) is 4.44. The van der Waals surface area contributed by atoms with Gasteiger partial charge in [-0.05, 0) is 37.1 Å². The third-order valence-corrected chi connectivity index (χ3v) is 6.16. The first-order chi connectivity index (χ1) is 15.4. The van der Waals surface area contributed by atoms with Crippen LogP contribution in [0.1, 0.15) is 37.7 Å². The average molecular weight is 459 g/mol. The quantitative estimate of drug-likeness (QED) is 0.443. The number of unbranched alkanes of at least 4 members (excludes halogenated alkanes) is 2. The smallest absolute Gasteiger partial charge is 0.263 e. The van der Waals surface area contributed by atoms with Crippen LogP contribution in [0, 0.1) is 0 Å². The van der Waals surface area contributed by atoms with Crippen molar-refractivity contribution < 1.29 is 22.7 Å². The van der Waals surface area contributed by atoms with E-state index in [1.54, 1.807) is 48.5 Å². The predicted molar refractivity (Wildman–Crippen MR) is 121 cm³/mol. The molecular weight excluding hydrogens is 432 g/mol. The van der Waals surface area contributed by atoms with Gasteiger partial charge in [-0.2, -0.15) is 0 Å². The van der Waals surface area contributed by atoms with Crippen LogP contribution in [0.3, 0.4) is 0 Å². The Hall–Kier alpha value is -3.40. The van der Waals surface area contributed by atoms with Gasteiger partial charge in [-0.1, -0.05) is 30.7 Å². The fraction of sp³-hybridized carbons (Fsp3) is 0.318. The molecule has 0 bridgehead atoms. The van der Waals surface area contributed by atoms with E-state index in [1.165, 1.54) is 0 Å². The highest BCUT2D eigenvalue weighted by Gasteiger charge is 2.29. The molecule has 1 aliphatic heterocycles. The number of para-hydroxylation sites is 2. The number of rotatable bonds is 11. The van der Waals surface area contributed by atoms with E-state index in [0.29, 0.717) is 42.2 Å². The Morgan fingerprint density at radius 1 is 1.00 bits per heavy atom. The van der Waals surface area contributed by atoms with Crippen molar-refractivity contribution in [2.45, 2.75) is 37.0 Å². The van der Waals surface area contributed by atoms with Crippen molar-refractivity contribution in [3.8, 4) is 5.75 Å². The molecule has 0 radical (unpaired) electrons. The first-order valence-corrected chi connectivity index (χ1v) is 11.8. The lowest BCUT2D eigenvalue weighted by atomic mass is 10.1. The van der Waals surface area contributed by atoms with Gasteiger partial charge in [0, 0.05) is 18.5 Å². The summed E-state index contributed by atoms with van der Waals surface area (Å²) in [5.74, 6) is 0.259. The summed E-state index contributed by atoms with van der Waals surface area (Å²) in [4.78, 5) is 27.7. The highest BCUT2D eigenvalue weighted by molar-refractivity contribution is 7.90. The maximum Gasteiger partial charge on any atom is 0.263 e. The van der Waals surface area contributed by atoms with E-state index in [2.05, 4.69) is 15.0 Å². The van der Waals surface area contributed by atoms with Crippen LogP contribution >= 0.6 is 0 Å². The lowest BCUT2D eigenvalue weighted by Crippen LogP contribution is -2.22. The summed E-state index contributed by atoms with van der Waals surface area (Å²) in [5, 5.41) is 2.82. The number of fused-ring (bicyclic) bond motifs is 1. The van der Waals surface area contributed by atoms with E-state index < -0.39 is 15.9 Å². The number of amidine groups is 1. The van der Waals surface area contributed by atoms with E-state index in [9.17, 15) is 18.0 Å². The lowest BCUT2D eigenvalue weighted by molar-refractivity contribution is -0.118. The summed E-state index contributed by atoms with van der Waals surface area (Å²) in [5.41, 5.74) is 6.24. The second kappa shape index (κ2) is 10.8. The third kappa shape index (κ3) is 6.30. The Kier molecular flexibility index (Phi) is 7.82. The van der Waals surface area contributed by atoms with Gasteiger partial charge in [-0.25, -0.2) is 8.42 Å². The summed E-state index contributed by atoms with van der Waals surface area (Å²) < 4.78 is 32.1. The van der Waals surface area contributed by atoms with Crippen molar-refractivity contribution in [3.63, 3.8) is 0 Å². The molecule has 3 rings (SSSR count). The normalized spacial score (nSPS) is 15.1. The summed E-state index contributed by atoms with van der Waals surface area (Å²) in [6.45, 7) is 0.607. The molecule has 32 heavy (non-hydrogen) atoms. The number of hydrogen-bond acceptors (Lipinski definition) is 6. The molecule has 1 heterocycles. The van der Waals surface area contributed by atoms with Gasteiger partial charge in [0.25, 0.3) is 10.0 Å². The van der Waals surface area contributed by atoms with E-state index in [-0.39, 0.29) is 23.8 Å². The molecule has 2 aromatic carbocycles. The number of primary amides is 1. The number of nitrogens with one attached hydrogen (secondary N) is 2. The van der Waals surface area contributed by atoms with Gasteiger partial charge in [0.15, 0.2) is 0 Å². The molecule has 10 heteroatoms. The minimum absolute atomic E-state index is 0.0967. The van der Waals surface area contributed by atoms with Crippen molar-refractivity contribution in [2.24, 2.45) is 10.7 Å². The van der Waals surface area contributed by atoms with Crippen LogP contribution in [0.25, 0.3) is 0 Å².